The van der Waals surface area contributed by atoms with Gasteiger partial charge in [-0.1, -0.05) is 53.2 Å². The molecule has 170 valence electrons. The van der Waals surface area contributed by atoms with E-state index in [0.717, 1.165) is 41.5 Å². The number of amides is 1. The first-order valence-electron chi connectivity index (χ1n) is 9.44. The van der Waals surface area contributed by atoms with Crippen LogP contribution in [0.1, 0.15) is 22.5 Å². The number of aryl methyl sites for hydroxylation is 1. The van der Waals surface area contributed by atoms with Gasteiger partial charge in [-0.15, -0.1) is 22.0 Å². The number of aromatic nitrogens is 3. The Kier molecular flexibility index (Phi) is 8.13. The topological polar surface area (TPSA) is 59.8 Å². The van der Waals surface area contributed by atoms with Crippen LogP contribution < -0.4 is 5.32 Å². The van der Waals surface area contributed by atoms with Crippen molar-refractivity contribution in [1.29, 1.82) is 0 Å². The monoisotopic (exact) mass is 500 g/mol. The van der Waals surface area contributed by atoms with Crippen LogP contribution in [0.4, 0.5) is 18.9 Å². The predicted octanol–water partition coefficient (Wildman–Crippen LogP) is 5.96. The maximum Gasteiger partial charge on any atom is 0.416 e. The molecule has 0 bridgehead atoms. The molecule has 0 fully saturated rings. The maximum absolute atomic E-state index is 12.9. The first kappa shape index (κ1) is 24.5. The van der Waals surface area contributed by atoms with E-state index in [1.54, 1.807) is 16.3 Å². The molecule has 0 spiro atoms. The standard InChI is InChI=1S/C21H20ClF3N4OS2/c1-13-3-5-14(6-4-13)10-31-11-18-27-28-20(29(18)2)32-12-19(30)26-17-9-15(21(23,24)25)7-8-16(17)22/h3-9H,10-12H2,1-2H3,(H,26,30). The molecule has 0 aliphatic carbocycles. The van der Waals surface area contributed by atoms with Crippen LogP contribution in [0.5, 0.6) is 0 Å². The van der Waals surface area contributed by atoms with Crippen LogP contribution in [0.3, 0.4) is 0 Å². The summed E-state index contributed by atoms with van der Waals surface area (Å²) in [6.45, 7) is 2.05. The van der Waals surface area contributed by atoms with Gasteiger partial charge in [-0.3, -0.25) is 4.79 Å². The third-order valence-electron chi connectivity index (χ3n) is 4.45. The molecule has 0 saturated carbocycles. The molecule has 0 saturated heterocycles. The SMILES string of the molecule is Cc1ccc(CSCc2nnc(SCC(=O)Nc3cc(C(F)(F)F)ccc3Cl)n2C)cc1. The number of hydrogen-bond acceptors (Lipinski definition) is 5. The zero-order valence-corrected chi connectivity index (χ0v) is 19.6. The number of thioether (sulfide) groups is 2. The number of carbonyl (C=O) groups excluding carboxylic acids is 1. The third kappa shape index (κ3) is 6.66. The predicted molar refractivity (Wildman–Crippen MR) is 123 cm³/mol. The molecule has 1 N–H and O–H groups in total. The van der Waals surface area contributed by atoms with Crippen LogP contribution in [-0.4, -0.2) is 26.4 Å². The molecule has 11 heteroatoms. The number of anilines is 1. The molecule has 1 amide bonds. The third-order valence-corrected chi connectivity index (χ3v) is 6.80. The zero-order chi connectivity index (χ0) is 23.3. The number of benzene rings is 2. The summed E-state index contributed by atoms with van der Waals surface area (Å²) in [4.78, 5) is 12.2. The van der Waals surface area contributed by atoms with Gasteiger partial charge in [0.25, 0.3) is 0 Å². The van der Waals surface area contributed by atoms with Gasteiger partial charge in [-0.05, 0) is 30.7 Å². The van der Waals surface area contributed by atoms with E-state index in [0.29, 0.717) is 10.9 Å². The summed E-state index contributed by atoms with van der Waals surface area (Å²) in [6, 6.07) is 11.1. The fourth-order valence-electron chi connectivity index (χ4n) is 2.65. The molecule has 1 heterocycles. The summed E-state index contributed by atoms with van der Waals surface area (Å²) in [5.41, 5.74) is 1.47. The molecular weight excluding hydrogens is 481 g/mol. The number of alkyl halides is 3. The Bertz CT molecular complexity index is 1090. The van der Waals surface area contributed by atoms with Gasteiger partial charge in [-0.25, -0.2) is 0 Å². The lowest BCUT2D eigenvalue weighted by molar-refractivity contribution is -0.137. The van der Waals surface area contributed by atoms with Crippen LogP contribution in [0, 0.1) is 6.92 Å². The van der Waals surface area contributed by atoms with Gasteiger partial charge in [0.15, 0.2) is 5.16 Å². The smallest absolute Gasteiger partial charge is 0.324 e. The first-order valence-corrected chi connectivity index (χ1v) is 12.0. The molecule has 1 aromatic heterocycles. The number of carbonyl (C=O) groups is 1. The Labute approximate surface area is 197 Å². The summed E-state index contributed by atoms with van der Waals surface area (Å²) < 4.78 is 40.4. The molecule has 0 aliphatic rings. The quantitative estimate of drug-likeness (QED) is 0.387. The second-order valence-corrected chi connectivity index (χ2v) is 9.30. The van der Waals surface area contributed by atoms with Crippen molar-refractivity contribution in [1.82, 2.24) is 14.8 Å². The molecule has 0 atom stereocenters. The van der Waals surface area contributed by atoms with Crippen molar-refractivity contribution in [2.24, 2.45) is 7.05 Å². The summed E-state index contributed by atoms with van der Waals surface area (Å²) in [5, 5.41) is 11.3. The Morgan fingerprint density at radius 1 is 1.12 bits per heavy atom. The van der Waals surface area contributed by atoms with Crippen molar-refractivity contribution in [2.75, 3.05) is 11.1 Å². The summed E-state index contributed by atoms with van der Waals surface area (Å²) in [6.07, 6.45) is -4.52. The number of nitrogens with one attached hydrogen (secondary N) is 1. The minimum absolute atomic E-state index is 0.0305. The van der Waals surface area contributed by atoms with Gasteiger partial charge in [0.05, 0.1) is 27.8 Å². The molecule has 5 nitrogen and oxygen atoms in total. The Hall–Kier alpha value is -2.17. The largest absolute Gasteiger partial charge is 0.416 e. The summed E-state index contributed by atoms with van der Waals surface area (Å²) in [7, 11) is 1.81. The maximum atomic E-state index is 12.9. The normalized spacial score (nSPS) is 11.6. The Morgan fingerprint density at radius 2 is 1.84 bits per heavy atom. The molecule has 0 radical (unpaired) electrons. The van der Waals surface area contributed by atoms with Gasteiger partial charge in [-0.2, -0.15) is 13.2 Å². The molecule has 32 heavy (non-hydrogen) atoms. The minimum Gasteiger partial charge on any atom is -0.324 e. The Morgan fingerprint density at radius 3 is 2.53 bits per heavy atom. The van der Waals surface area contributed by atoms with Crippen molar-refractivity contribution in [2.45, 2.75) is 29.8 Å². The summed E-state index contributed by atoms with van der Waals surface area (Å²) >= 11 is 8.77. The van der Waals surface area contributed by atoms with E-state index >= 15 is 0 Å². The highest BCUT2D eigenvalue weighted by molar-refractivity contribution is 7.99. The van der Waals surface area contributed by atoms with E-state index in [-0.39, 0.29) is 16.5 Å². The molecule has 0 unspecified atom stereocenters. The molecule has 0 aliphatic heterocycles. The van der Waals surface area contributed by atoms with Gasteiger partial charge >= 0.3 is 6.18 Å². The van der Waals surface area contributed by atoms with E-state index in [1.807, 2.05) is 14.0 Å². The lowest BCUT2D eigenvalue weighted by atomic mass is 10.2. The first-order chi connectivity index (χ1) is 15.1. The fourth-order valence-corrected chi connectivity index (χ4v) is 4.51. The average Bonchev–Trinajstić information content (AvgIpc) is 3.08. The van der Waals surface area contributed by atoms with Crippen molar-refractivity contribution in [3.63, 3.8) is 0 Å². The van der Waals surface area contributed by atoms with Crippen LogP contribution in [-0.2, 0) is 29.5 Å². The summed E-state index contributed by atoms with van der Waals surface area (Å²) in [5.74, 6) is 1.73. The van der Waals surface area contributed by atoms with E-state index < -0.39 is 17.6 Å². The average molecular weight is 501 g/mol. The Balaban J connectivity index is 1.52. The van der Waals surface area contributed by atoms with Gasteiger partial charge in [0.2, 0.25) is 5.91 Å². The van der Waals surface area contributed by atoms with Gasteiger partial charge in [0, 0.05) is 12.8 Å². The highest BCUT2D eigenvalue weighted by atomic mass is 35.5. The second kappa shape index (κ2) is 10.6. The van der Waals surface area contributed by atoms with Crippen LogP contribution in [0.2, 0.25) is 5.02 Å². The van der Waals surface area contributed by atoms with Crippen LogP contribution in [0.25, 0.3) is 0 Å². The van der Waals surface area contributed by atoms with Crippen molar-refractivity contribution in [3.05, 3.63) is 70.0 Å². The van der Waals surface area contributed by atoms with E-state index in [2.05, 4.69) is 39.8 Å². The number of hydrogen-bond donors (Lipinski definition) is 1. The minimum atomic E-state index is -4.52. The highest BCUT2D eigenvalue weighted by Crippen LogP contribution is 2.34. The fraction of sp³-hybridized carbons (Fsp3) is 0.286. The van der Waals surface area contributed by atoms with Crippen molar-refractivity contribution >= 4 is 46.7 Å². The van der Waals surface area contributed by atoms with Crippen molar-refractivity contribution in [3.8, 4) is 0 Å². The van der Waals surface area contributed by atoms with E-state index in [4.69, 9.17) is 11.6 Å². The molecular formula is C21H20ClF3N4OS2. The lowest BCUT2D eigenvalue weighted by Crippen LogP contribution is -2.16. The van der Waals surface area contributed by atoms with Gasteiger partial charge < -0.3 is 9.88 Å². The molecule has 3 aromatic rings. The second-order valence-electron chi connectivity index (χ2n) is 6.97. The highest BCUT2D eigenvalue weighted by Gasteiger charge is 2.31. The van der Waals surface area contributed by atoms with E-state index in [9.17, 15) is 18.0 Å². The lowest BCUT2D eigenvalue weighted by Gasteiger charge is -2.11. The van der Waals surface area contributed by atoms with Crippen molar-refractivity contribution < 1.29 is 18.0 Å². The van der Waals surface area contributed by atoms with Crippen LogP contribution in [0.15, 0.2) is 47.6 Å². The zero-order valence-electron chi connectivity index (χ0n) is 17.2. The molecule has 3 rings (SSSR count). The van der Waals surface area contributed by atoms with Crippen LogP contribution >= 0.6 is 35.1 Å². The number of halogens is 4. The number of nitrogens with zero attached hydrogens (tertiary/aromatic N) is 3. The number of rotatable bonds is 8. The van der Waals surface area contributed by atoms with Gasteiger partial charge in [0.1, 0.15) is 5.82 Å². The molecule has 2 aromatic carbocycles. The van der Waals surface area contributed by atoms with E-state index in [1.165, 1.54) is 11.1 Å².